The molecule has 0 bridgehead atoms. The van der Waals surface area contributed by atoms with E-state index in [0.717, 1.165) is 24.3 Å². The molecule has 2 aromatic carbocycles. The lowest BCUT2D eigenvalue weighted by molar-refractivity contribution is -0.384. The molecule has 0 spiro atoms. The number of ether oxygens (including phenoxy) is 2. The van der Waals surface area contributed by atoms with Crippen molar-refractivity contribution >= 4 is 11.8 Å². The summed E-state index contributed by atoms with van der Waals surface area (Å²) in [5.41, 5.74) is -0.0332. The summed E-state index contributed by atoms with van der Waals surface area (Å²) >= 11 is 0. The molecule has 114 valence electrons. The third-order valence-corrected chi connectivity index (χ3v) is 2.53. The van der Waals surface area contributed by atoms with Crippen molar-refractivity contribution in [2.45, 2.75) is 6.61 Å². The van der Waals surface area contributed by atoms with Crippen LogP contribution in [0.3, 0.4) is 0 Å². The Morgan fingerprint density at radius 1 is 1.09 bits per heavy atom. The second-order valence-corrected chi connectivity index (χ2v) is 4.17. The molecule has 6 nitrogen and oxygen atoms in total. The van der Waals surface area contributed by atoms with Gasteiger partial charge in [-0.1, -0.05) is 0 Å². The quantitative estimate of drug-likeness (QED) is 0.373. The van der Waals surface area contributed by atoms with E-state index in [2.05, 4.69) is 0 Å². The van der Waals surface area contributed by atoms with E-state index < -0.39 is 22.7 Å². The number of halogens is 2. The fourth-order valence-electron chi connectivity index (χ4n) is 1.60. The summed E-state index contributed by atoms with van der Waals surface area (Å²) in [6, 6.07) is 7.49. The predicted molar refractivity (Wildman–Crippen MR) is 70.3 cm³/mol. The van der Waals surface area contributed by atoms with Gasteiger partial charge in [0.15, 0.2) is 0 Å². The maximum atomic E-state index is 12.9. The molecule has 0 aromatic heterocycles. The number of non-ortho nitro benzene ring substituents is 1. The van der Waals surface area contributed by atoms with Gasteiger partial charge in [0.25, 0.3) is 5.69 Å². The summed E-state index contributed by atoms with van der Waals surface area (Å²) in [5, 5.41) is 10.5. The minimum atomic E-state index is -1.10. The largest absolute Gasteiger partial charge is 0.514 e. The molecule has 0 N–H and O–H groups in total. The van der Waals surface area contributed by atoms with Crippen molar-refractivity contribution in [1.82, 2.24) is 0 Å². The van der Waals surface area contributed by atoms with Gasteiger partial charge in [-0.05, 0) is 29.8 Å². The van der Waals surface area contributed by atoms with Gasteiger partial charge in [0.2, 0.25) is 0 Å². The Balaban J connectivity index is 1.91. The van der Waals surface area contributed by atoms with E-state index in [1.807, 2.05) is 0 Å². The zero-order valence-corrected chi connectivity index (χ0v) is 11.0. The molecule has 0 radical (unpaired) electrons. The average molecular weight is 309 g/mol. The molecule has 8 heteroatoms. The van der Waals surface area contributed by atoms with E-state index in [1.165, 1.54) is 12.1 Å². The minimum absolute atomic E-state index is 0.0426. The topological polar surface area (TPSA) is 78.7 Å². The number of rotatable bonds is 4. The Hall–Kier alpha value is -3.03. The standard InChI is InChI=1S/C14H9F2NO5/c15-10-5-9(6-11(16)7-10)8-21-14(18)22-13-3-1-12(2-4-13)17(19)20/h1-7H,8H2. The number of carbonyl (C=O) groups excluding carboxylic acids is 1. The van der Waals surface area contributed by atoms with E-state index >= 15 is 0 Å². The Bertz CT molecular complexity index is 683. The molecule has 0 fully saturated rings. The first-order valence-electron chi connectivity index (χ1n) is 5.98. The first-order valence-corrected chi connectivity index (χ1v) is 5.98. The smallest absolute Gasteiger partial charge is 0.429 e. The van der Waals surface area contributed by atoms with E-state index in [9.17, 15) is 23.7 Å². The average Bonchev–Trinajstić information content (AvgIpc) is 2.45. The van der Waals surface area contributed by atoms with Gasteiger partial charge in [-0.2, -0.15) is 0 Å². The van der Waals surface area contributed by atoms with Gasteiger partial charge in [-0.15, -0.1) is 0 Å². The van der Waals surface area contributed by atoms with Gasteiger partial charge >= 0.3 is 6.16 Å². The summed E-state index contributed by atoms with van der Waals surface area (Å²) in [6.45, 7) is -0.375. The van der Waals surface area contributed by atoms with Gasteiger partial charge in [0, 0.05) is 18.2 Å². The monoisotopic (exact) mass is 309 g/mol. The Morgan fingerprint density at radius 2 is 1.68 bits per heavy atom. The highest BCUT2D eigenvalue weighted by Crippen LogP contribution is 2.18. The SMILES string of the molecule is O=C(OCc1cc(F)cc(F)c1)Oc1ccc([N+](=O)[O-])cc1. The molecule has 0 amide bonds. The van der Waals surface area contributed by atoms with Crippen molar-refractivity contribution in [3.05, 3.63) is 69.8 Å². The fraction of sp³-hybridized carbons (Fsp3) is 0.0714. The third-order valence-electron chi connectivity index (χ3n) is 2.53. The minimum Gasteiger partial charge on any atom is -0.429 e. The van der Waals surface area contributed by atoms with Gasteiger partial charge in [-0.3, -0.25) is 10.1 Å². The molecule has 22 heavy (non-hydrogen) atoms. The Kier molecular flexibility index (Phi) is 4.62. The molecule has 0 aliphatic rings. The number of nitro groups is 1. The lowest BCUT2D eigenvalue weighted by Crippen LogP contribution is -2.10. The van der Waals surface area contributed by atoms with Crippen molar-refractivity contribution in [3.8, 4) is 5.75 Å². The maximum Gasteiger partial charge on any atom is 0.514 e. The van der Waals surface area contributed by atoms with Crippen LogP contribution in [0.4, 0.5) is 19.3 Å². The summed E-state index contributed by atoms with van der Waals surface area (Å²) in [6.07, 6.45) is -1.10. The maximum absolute atomic E-state index is 12.9. The summed E-state index contributed by atoms with van der Waals surface area (Å²) < 4.78 is 35.3. The van der Waals surface area contributed by atoms with Gasteiger partial charge in [0.05, 0.1) is 4.92 Å². The third kappa shape index (κ3) is 4.23. The highest BCUT2D eigenvalue weighted by atomic mass is 19.1. The van der Waals surface area contributed by atoms with Crippen LogP contribution in [-0.4, -0.2) is 11.1 Å². The molecule has 0 heterocycles. The number of benzene rings is 2. The van der Waals surface area contributed by atoms with Gasteiger partial charge < -0.3 is 9.47 Å². The highest BCUT2D eigenvalue weighted by molar-refractivity contribution is 5.64. The molecule has 0 atom stereocenters. The van der Waals surface area contributed by atoms with E-state index in [4.69, 9.17) is 9.47 Å². The second kappa shape index (κ2) is 6.61. The van der Waals surface area contributed by atoms with Crippen molar-refractivity contribution < 1.29 is 28.0 Å². The Labute approximate surface area is 123 Å². The highest BCUT2D eigenvalue weighted by Gasteiger charge is 2.10. The fourth-order valence-corrected chi connectivity index (χ4v) is 1.60. The van der Waals surface area contributed by atoms with Crippen LogP contribution < -0.4 is 4.74 Å². The molecule has 2 aromatic rings. The van der Waals surface area contributed by atoms with Crippen LogP contribution in [0, 0.1) is 21.7 Å². The number of hydrogen-bond donors (Lipinski definition) is 0. The first-order chi connectivity index (χ1) is 10.4. The molecule has 0 aliphatic carbocycles. The molecule has 0 saturated heterocycles. The van der Waals surface area contributed by atoms with Crippen molar-refractivity contribution in [1.29, 1.82) is 0 Å². The van der Waals surface area contributed by atoms with Crippen molar-refractivity contribution in [3.63, 3.8) is 0 Å². The summed E-state index contributed by atoms with van der Waals surface area (Å²) in [5.74, 6) is -1.54. The van der Waals surface area contributed by atoms with Crippen molar-refractivity contribution in [2.75, 3.05) is 0 Å². The second-order valence-electron chi connectivity index (χ2n) is 4.17. The van der Waals surface area contributed by atoms with Crippen LogP contribution in [0.25, 0.3) is 0 Å². The van der Waals surface area contributed by atoms with E-state index in [-0.39, 0.29) is 23.6 Å². The van der Waals surface area contributed by atoms with E-state index in [1.54, 1.807) is 0 Å². The van der Waals surface area contributed by atoms with Crippen LogP contribution in [0.15, 0.2) is 42.5 Å². The Morgan fingerprint density at radius 3 is 2.23 bits per heavy atom. The van der Waals surface area contributed by atoms with Crippen LogP contribution >= 0.6 is 0 Å². The van der Waals surface area contributed by atoms with E-state index in [0.29, 0.717) is 6.07 Å². The normalized spacial score (nSPS) is 10.1. The lowest BCUT2D eigenvalue weighted by atomic mass is 10.2. The van der Waals surface area contributed by atoms with Gasteiger partial charge in [0.1, 0.15) is 24.0 Å². The number of nitro benzene ring substituents is 1. The van der Waals surface area contributed by atoms with Crippen molar-refractivity contribution in [2.24, 2.45) is 0 Å². The first kappa shape index (κ1) is 15.4. The molecule has 2 rings (SSSR count). The zero-order valence-electron chi connectivity index (χ0n) is 11.0. The van der Waals surface area contributed by atoms with Crippen LogP contribution in [-0.2, 0) is 11.3 Å². The molecule has 0 saturated carbocycles. The number of hydrogen-bond acceptors (Lipinski definition) is 5. The summed E-state index contributed by atoms with van der Waals surface area (Å²) in [4.78, 5) is 21.3. The zero-order chi connectivity index (χ0) is 16.1. The van der Waals surface area contributed by atoms with Crippen LogP contribution in [0.5, 0.6) is 5.75 Å². The predicted octanol–water partition coefficient (Wildman–Crippen LogP) is 3.59. The lowest BCUT2D eigenvalue weighted by Gasteiger charge is -2.06. The van der Waals surface area contributed by atoms with Gasteiger partial charge in [-0.25, -0.2) is 13.6 Å². The molecular weight excluding hydrogens is 300 g/mol. The molecular formula is C14H9F2NO5. The number of carbonyl (C=O) groups is 1. The number of nitrogens with zero attached hydrogens (tertiary/aromatic N) is 1. The van der Waals surface area contributed by atoms with Crippen LogP contribution in [0.1, 0.15) is 5.56 Å². The summed E-state index contributed by atoms with van der Waals surface area (Å²) in [7, 11) is 0. The molecule has 0 unspecified atom stereocenters. The van der Waals surface area contributed by atoms with Crippen LogP contribution in [0.2, 0.25) is 0 Å². The molecule has 0 aliphatic heterocycles.